The van der Waals surface area contributed by atoms with Crippen LogP contribution in [0, 0.1) is 0 Å². The molecule has 1 aliphatic carbocycles. The summed E-state index contributed by atoms with van der Waals surface area (Å²) >= 11 is 1.52. The lowest BCUT2D eigenvalue weighted by atomic mass is 9.91. The van der Waals surface area contributed by atoms with Crippen molar-refractivity contribution in [3.8, 4) is 0 Å². The van der Waals surface area contributed by atoms with Crippen LogP contribution in [-0.4, -0.2) is 132 Å². The molecule has 3 amide bonds. The normalized spacial score (nSPS) is 24.7. The standard InChI is InChI=1S/C46H57N13O5S/c1-46(47)9-11-57(12-10-46)40-25-51-41(26-50-40)65-36-4-2-3-34(21-36)54-42(60)31-7-6-30-19-35(20-32(30)18-31)56-13-15-58(16-14-56)39-24-48-38(23-49-39)43(61)52-22-29-5-8-37-33(17-29)27-59(44(37)62)45-53-28-63-55-64-45/h2-8,17-18,21,25-26,35,38-39,45,48-49,53,55H,9-16,19-20,22-24,27-28,47H2,1H3,(H,52,61)(H,54,60). The SMILES string of the molecule is CC1(N)CCN(c2cnc(Sc3cccc(NC(=O)c4ccc5c(c4)CC(N4CCN(C6CNC(C(=O)NCc7ccc8c(c7)CN(C7NCONO7)C8=O)CN6)CC4)C5)c3)cn2)CC1. The van der Waals surface area contributed by atoms with E-state index >= 15 is 0 Å². The molecule has 65 heavy (non-hydrogen) atoms. The van der Waals surface area contributed by atoms with Crippen LogP contribution < -0.4 is 42.9 Å². The predicted octanol–water partition coefficient (Wildman–Crippen LogP) is 1.74. The lowest BCUT2D eigenvalue weighted by Gasteiger charge is -2.44. The van der Waals surface area contributed by atoms with Gasteiger partial charge in [-0.05, 0) is 91.3 Å². The molecule has 342 valence electrons. The fourth-order valence-corrected chi connectivity index (χ4v) is 10.5. The first kappa shape index (κ1) is 43.8. The van der Waals surface area contributed by atoms with E-state index in [1.54, 1.807) is 4.90 Å². The molecule has 4 aromatic rings. The number of amides is 3. The minimum atomic E-state index is -0.629. The topological polar surface area (TPSA) is 207 Å². The van der Waals surface area contributed by atoms with Crippen molar-refractivity contribution < 1.29 is 24.1 Å². The fraction of sp³-hybridized carbons (Fsp3) is 0.457. The average Bonchev–Trinajstić information content (AvgIpc) is 3.92. The highest BCUT2D eigenvalue weighted by Crippen LogP contribution is 2.31. The number of nitrogens with one attached hydrogen (secondary N) is 6. The average molecular weight is 904 g/mol. The van der Waals surface area contributed by atoms with E-state index in [9.17, 15) is 14.4 Å². The van der Waals surface area contributed by atoms with Crippen molar-refractivity contribution in [2.24, 2.45) is 5.73 Å². The molecule has 8 N–H and O–H groups in total. The Hall–Kier alpha value is -5.06. The molecule has 1 aromatic heterocycles. The maximum Gasteiger partial charge on any atom is 0.257 e. The number of nitrogens with two attached hydrogens (primary N) is 1. The van der Waals surface area contributed by atoms with Crippen LogP contribution in [0.2, 0.25) is 0 Å². The molecule has 6 aliphatic rings. The van der Waals surface area contributed by atoms with Gasteiger partial charge in [-0.25, -0.2) is 20.1 Å². The maximum absolute atomic E-state index is 13.5. The highest BCUT2D eigenvalue weighted by Gasteiger charge is 2.36. The highest BCUT2D eigenvalue weighted by molar-refractivity contribution is 7.99. The highest BCUT2D eigenvalue weighted by atomic mass is 32.2. The van der Waals surface area contributed by atoms with Crippen molar-refractivity contribution in [2.75, 3.05) is 69.3 Å². The lowest BCUT2D eigenvalue weighted by Crippen LogP contribution is -2.66. The summed E-state index contributed by atoms with van der Waals surface area (Å²) in [5.74, 6) is 0.571. The van der Waals surface area contributed by atoms with Crippen molar-refractivity contribution in [1.29, 1.82) is 0 Å². The second kappa shape index (κ2) is 19.0. The Labute approximate surface area is 382 Å². The molecule has 0 bridgehead atoms. The van der Waals surface area contributed by atoms with Gasteiger partial charge in [-0.1, -0.05) is 41.7 Å². The van der Waals surface area contributed by atoms with Gasteiger partial charge < -0.3 is 26.6 Å². The van der Waals surface area contributed by atoms with E-state index < -0.39 is 6.35 Å². The summed E-state index contributed by atoms with van der Waals surface area (Å²) in [7, 11) is 0. The number of carbonyl (C=O) groups is 3. The zero-order valence-corrected chi connectivity index (χ0v) is 37.4. The molecule has 4 atom stereocenters. The fourth-order valence-electron chi connectivity index (χ4n) is 9.68. The molecular weight excluding hydrogens is 847 g/mol. The van der Waals surface area contributed by atoms with Gasteiger partial charge in [-0.15, -0.1) is 0 Å². The third kappa shape index (κ3) is 10.0. The second-order valence-corrected chi connectivity index (χ2v) is 19.2. The van der Waals surface area contributed by atoms with Crippen LogP contribution in [0.3, 0.4) is 0 Å². The first-order chi connectivity index (χ1) is 31.6. The number of benzene rings is 3. The third-order valence-corrected chi connectivity index (χ3v) is 14.5. The number of nitrogens with zero attached hydrogens (tertiary/aromatic N) is 6. The molecule has 4 unspecified atom stereocenters. The summed E-state index contributed by atoms with van der Waals surface area (Å²) in [6.45, 7) is 9.85. The summed E-state index contributed by atoms with van der Waals surface area (Å²) in [4.78, 5) is 69.0. The molecule has 19 heteroatoms. The van der Waals surface area contributed by atoms with Gasteiger partial charge in [0.05, 0.1) is 31.1 Å². The quantitative estimate of drug-likeness (QED) is 0.115. The zero-order valence-electron chi connectivity index (χ0n) is 36.6. The molecule has 0 saturated carbocycles. The molecule has 3 aromatic carbocycles. The van der Waals surface area contributed by atoms with Crippen molar-refractivity contribution >= 4 is 41.0 Å². The van der Waals surface area contributed by atoms with E-state index in [-0.39, 0.29) is 42.2 Å². The van der Waals surface area contributed by atoms with Gasteiger partial charge in [0.2, 0.25) is 12.3 Å². The van der Waals surface area contributed by atoms with Crippen molar-refractivity contribution in [3.63, 3.8) is 0 Å². The van der Waals surface area contributed by atoms with Crippen LogP contribution in [0.4, 0.5) is 11.5 Å². The Morgan fingerprint density at radius 1 is 0.892 bits per heavy atom. The molecule has 10 rings (SSSR count). The number of fused-ring (bicyclic) bond motifs is 2. The van der Waals surface area contributed by atoms with E-state index in [1.807, 2.05) is 60.9 Å². The molecule has 5 aliphatic heterocycles. The minimum absolute atomic E-state index is 0.0580. The molecular formula is C46H57N13O5S. The van der Waals surface area contributed by atoms with Crippen LogP contribution >= 0.6 is 11.8 Å². The third-order valence-electron chi connectivity index (χ3n) is 13.6. The molecule has 4 fully saturated rings. The first-order valence-electron chi connectivity index (χ1n) is 22.6. The van der Waals surface area contributed by atoms with Crippen LogP contribution in [0.15, 0.2) is 83.0 Å². The molecule has 0 spiro atoms. The maximum atomic E-state index is 13.5. The van der Waals surface area contributed by atoms with Crippen LogP contribution in [0.5, 0.6) is 0 Å². The molecule has 0 radical (unpaired) electrons. The van der Waals surface area contributed by atoms with Crippen LogP contribution in [0.1, 0.15) is 62.7 Å². The van der Waals surface area contributed by atoms with Crippen molar-refractivity contribution in [2.45, 2.75) is 85.8 Å². The number of piperidine rings is 1. The van der Waals surface area contributed by atoms with E-state index in [1.165, 1.54) is 22.9 Å². The molecule has 18 nitrogen and oxygen atoms in total. The second-order valence-electron chi connectivity index (χ2n) is 18.1. The van der Waals surface area contributed by atoms with E-state index in [4.69, 9.17) is 15.4 Å². The van der Waals surface area contributed by atoms with Gasteiger partial charge in [-0.2, -0.15) is 0 Å². The Balaban J connectivity index is 0.647. The summed E-state index contributed by atoms with van der Waals surface area (Å²) < 4.78 is 0. The monoisotopic (exact) mass is 903 g/mol. The van der Waals surface area contributed by atoms with Gasteiger partial charge in [0.1, 0.15) is 17.6 Å². The number of piperazine rings is 2. The molecule has 6 heterocycles. The van der Waals surface area contributed by atoms with Gasteiger partial charge in [0.15, 0.2) is 0 Å². The number of hydrogen-bond donors (Lipinski definition) is 7. The Bertz CT molecular complexity index is 2380. The summed E-state index contributed by atoms with van der Waals surface area (Å²) in [5, 5.41) is 17.0. The lowest BCUT2D eigenvalue weighted by molar-refractivity contribution is -0.281. The van der Waals surface area contributed by atoms with Gasteiger partial charge in [0, 0.05) is 92.2 Å². The van der Waals surface area contributed by atoms with Crippen LogP contribution in [0.25, 0.3) is 0 Å². The number of rotatable bonds is 11. The zero-order chi connectivity index (χ0) is 44.5. The predicted molar refractivity (Wildman–Crippen MR) is 244 cm³/mol. The number of carbonyl (C=O) groups excluding carboxylic acids is 3. The van der Waals surface area contributed by atoms with E-state index in [0.29, 0.717) is 43.3 Å². The summed E-state index contributed by atoms with van der Waals surface area (Å²) in [6.07, 6.45) is 6.93. The minimum Gasteiger partial charge on any atom is -0.355 e. The summed E-state index contributed by atoms with van der Waals surface area (Å²) in [5.41, 5.74) is 14.9. The van der Waals surface area contributed by atoms with Crippen molar-refractivity contribution in [1.82, 2.24) is 51.6 Å². The number of aromatic nitrogens is 2. The summed E-state index contributed by atoms with van der Waals surface area (Å²) in [6, 6.07) is 19.7. The van der Waals surface area contributed by atoms with E-state index in [2.05, 4.69) is 76.0 Å². The van der Waals surface area contributed by atoms with E-state index in [0.717, 1.165) is 97.5 Å². The smallest absolute Gasteiger partial charge is 0.257 e. The van der Waals surface area contributed by atoms with Gasteiger partial charge in [0.25, 0.3) is 11.8 Å². The van der Waals surface area contributed by atoms with Crippen LogP contribution in [-0.2, 0) is 40.4 Å². The Kier molecular flexibility index (Phi) is 12.8. The van der Waals surface area contributed by atoms with Gasteiger partial charge >= 0.3 is 0 Å². The van der Waals surface area contributed by atoms with Crippen molar-refractivity contribution in [3.05, 3.63) is 106 Å². The Morgan fingerprint density at radius 2 is 1.72 bits per heavy atom. The largest absolute Gasteiger partial charge is 0.355 e. The molecule has 4 saturated heterocycles. The number of hydrogen-bond acceptors (Lipinski definition) is 16. The first-order valence-corrected chi connectivity index (χ1v) is 23.4. The Morgan fingerprint density at radius 3 is 2.49 bits per heavy atom. The number of anilines is 2. The van der Waals surface area contributed by atoms with Gasteiger partial charge in [-0.3, -0.25) is 39.2 Å².